The monoisotopic (exact) mass is 109 g/mol. The fourth-order valence-electron chi connectivity index (χ4n) is 0.550. The third kappa shape index (κ3) is 0.884. The lowest BCUT2D eigenvalue weighted by Crippen LogP contribution is -2.00. The highest BCUT2D eigenvalue weighted by molar-refractivity contribution is 6.30. The van der Waals surface area contributed by atoms with Gasteiger partial charge in [-0.1, -0.05) is 12.0 Å². The molecule has 0 aliphatic rings. The van der Waals surface area contributed by atoms with Crippen molar-refractivity contribution in [1.29, 1.82) is 0 Å². The summed E-state index contributed by atoms with van der Waals surface area (Å²) in [6, 6.07) is 0. The van der Waals surface area contributed by atoms with Crippen LogP contribution in [-0.2, 0) is 0 Å². The first-order chi connectivity index (χ1) is 3.83. The van der Waals surface area contributed by atoms with Gasteiger partial charge in [0.1, 0.15) is 0 Å². The van der Waals surface area contributed by atoms with Crippen molar-refractivity contribution >= 4 is 7.41 Å². The van der Waals surface area contributed by atoms with Crippen LogP contribution in [0.25, 0.3) is 0 Å². The molecule has 0 spiro atoms. The molecule has 0 atom stereocenters. The van der Waals surface area contributed by atoms with Crippen molar-refractivity contribution in [2.75, 3.05) is 0 Å². The largest absolute Gasteiger partial charge is 0.302 e. The maximum Gasteiger partial charge on any atom is 0.265 e. The summed E-state index contributed by atoms with van der Waals surface area (Å²) in [4.78, 5) is 0. The van der Waals surface area contributed by atoms with Crippen molar-refractivity contribution in [3.8, 4) is 0 Å². The Labute approximate surface area is 49.0 Å². The van der Waals surface area contributed by atoms with E-state index in [4.69, 9.17) is 0 Å². The average molecular weight is 109 g/mol. The van der Waals surface area contributed by atoms with E-state index in [0.29, 0.717) is 0 Å². The van der Waals surface area contributed by atoms with E-state index in [9.17, 15) is 0 Å². The van der Waals surface area contributed by atoms with Gasteiger partial charge in [0, 0.05) is 6.20 Å². The number of hydrogen-bond acceptors (Lipinski definition) is 2. The molecule has 8 heavy (non-hydrogen) atoms. The number of hydrogen-bond donors (Lipinski definition) is 0. The molecule has 0 saturated carbocycles. The molecule has 4 heteroatoms. The number of aromatic nitrogens is 3. The lowest BCUT2D eigenvalue weighted by atomic mass is 10.0. The third-order valence-electron chi connectivity index (χ3n) is 0.977. The molecular formula is C4H8BN3. The molecule has 0 N–H and O–H groups in total. The van der Waals surface area contributed by atoms with Crippen LogP contribution in [0.2, 0.25) is 6.82 Å². The molecule has 1 aromatic heterocycles. The van der Waals surface area contributed by atoms with Gasteiger partial charge in [0.15, 0.2) is 0 Å². The molecule has 0 saturated heterocycles. The fraction of sp³-hybridized carbons (Fsp3) is 0.500. The summed E-state index contributed by atoms with van der Waals surface area (Å²) < 4.78 is 1.80. The van der Waals surface area contributed by atoms with E-state index >= 15 is 0 Å². The molecule has 0 aromatic carbocycles. The zero-order valence-corrected chi connectivity index (χ0v) is 5.13. The van der Waals surface area contributed by atoms with Gasteiger partial charge in [-0.15, -0.1) is 5.10 Å². The van der Waals surface area contributed by atoms with Gasteiger partial charge in [-0.05, 0) is 6.92 Å². The molecule has 0 radical (unpaired) electrons. The summed E-state index contributed by atoms with van der Waals surface area (Å²) in [5, 5.41) is 7.60. The first kappa shape index (κ1) is 5.34. The van der Waals surface area contributed by atoms with E-state index in [1.165, 1.54) is 0 Å². The van der Waals surface area contributed by atoms with E-state index in [1.807, 2.05) is 19.9 Å². The lowest BCUT2D eigenvalue weighted by Gasteiger charge is -1.83. The number of nitrogens with zero attached hydrogens (tertiary/aromatic N) is 3. The molecule has 0 fully saturated rings. The van der Waals surface area contributed by atoms with Gasteiger partial charge in [0.25, 0.3) is 7.41 Å². The Hall–Kier alpha value is -0.795. The fourth-order valence-corrected chi connectivity index (χ4v) is 0.550. The van der Waals surface area contributed by atoms with Crippen molar-refractivity contribution in [2.45, 2.75) is 13.7 Å². The van der Waals surface area contributed by atoms with Crippen LogP contribution in [0, 0.1) is 6.92 Å². The van der Waals surface area contributed by atoms with Gasteiger partial charge in [-0.3, -0.25) is 0 Å². The van der Waals surface area contributed by atoms with E-state index in [-0.39, 0.29) is 0 Å². The minimum atomic E-state index is 0.904. The van der Waals surface area contributed by atoms with Crippen LogP contribution < -0.4 is 0 Å². The Balaban J connectivity index is 2.84. The highest BCUT2D eigenvalue weighted by Crippen LogP contribution is 1.84. The van der Waals surface area contributed by atoms with E-state index in [2.05, 4.69) is 10.3 Å². The van der Waals surface area contributed by atoms with Crippen LogP contribution in [0.1, 0.15) is 5.69 Å². The summed E-state index contributed by atoms with van der Waals surface area (Å²) in [6.45, 7) is 3.97. The first-order valence-electron chi connectivity index (χ1n) is 2.69. The smallest absolute Gasteiger partial charge is 0.265 e. The van der Waals surface area contributed by atoms with Gasteiger partial charge in [0.05, 0.1) is 5.69 Å². The van der Waals surface area contributed by atoms with Crippen LogP contribution in [0.5, 0.6) is 0 Å². The van der Waals surface area contributed by atoms with Crippen LogP contribution in [0.3, 0.4) is 0 Å². The summed E-state index contributed by atoms with van der Waals surface area (Å²) in [6.07, 6.45) is 1.92. The SMILES string of the molecule is CBn1cc(C)nn1. The van der Waals surface area contributed by atoms with E-state index in [1.54, 1.807) is 4.59 Å². The Morgan fingerprint density at radius 3 is 2.75 bits per heavy atom. The molecule has 3 nitrogen and oxygen atoms in total. The van der Waals surface area contributed by atoms with Crippen molar-refractivity contribution in [1.82, 2.24) is 14.9 Å². The van der Waals surface area contributed by atoms with Crippen LogP contribution >= 0.6 is 0 Å². The Kier molecular flexibility index (Phi) is 1.33. The maximum absolute atomic E-state index is 3.80. The van der Waals surface area contributed by atoms with Gasteiger partial charge < -0.3 is 4.59 Å². The van der Waals surface area contributed by atoms with E-state index in [0.717, 1.165) is 13.1 Å². The molecular weight excluding hydrogens is 101 g/mol. The molecule has 0 aliphatic heterocycles. The standard InChI is InChI=1S/C4H8BN3/c1-4-3-8(5-2)7-6-4/h3,5H,1-2H3. The van der Waals surface area contributed by atoms with Crippen LogP contribution in [0.15, 0.2) is 6.20 Å². The summed E-state index contributed by atoms with van der Waals surface area (Å²) in [7, 11) is 0.904. The molecule has 1 rings (SSSR count). The predicted molar refractivity (Wildman–Crippen MR) is 33.2 cm³/mol. The second-order valence-electron chi connectivity index (χ2n) is 1.72. The summed E-state index contributed by atoms with van der Waals surface area (Å²) >= 11 is 0. The minimum Gasteiger partial charge on any atom is -0.302 e. The predicted octanol–water partition coefficient (Wildman–Crippen LogP) is -0.166. The summed E-state index contributed by atoms with van der Waals surface area (Å²) in [5.41, 5.74) is 0.979. The number of rotatable bonds is 1. The second-order valence-corrected chi connectivity index (χ2v) is 1.72. The molecule has 0 unspecified atom stereocenters. The maximum atomic E-state index is 3.80. The van der Waals surface area contributed by atoms with Gasteiger partial charge in [0.2, 0.25) is 0 Å². The van der Waals surface area contributed by atoms with Crippen molar-refractivity contribution in [3.63, 3.8) is 0 Å². The Bertz CT molecular complexity index is 172. The topological polar surface area (TPSA) is 30.7 Å². The van der Waals surface area contributed by atoms with Crippen molar-refractivity contribution in [3.05, 3.63) is 11.9 Å². The van der Waals surface area contributed by atoms with Crippen molar-refractivity contribution < 1.29 is 0 Å². The molecule has 1 heterocycles. The zero-order valence-electron chi connectivity index (χ0n) is 5.13. The molecule has 42 valence electrons. The van der Waals surface area contributed by atoms with Crippen LogP contribution in [0.4, 0.5) is 0 Å². The minimum absolute atomic E-state index is 0.904. The van der Waals surface area contributed by atoms with Gasteiger partial charge in [-0.25, -0.2) is 0 Å². The highest BCUT2D eigenvalue weighted by Gasteiger charge is 1.89. The first-order valence-corrected chi connectivity index (χ1v) is 2.69. The second kappa shape index (κ2) is 1.98. The molecule has 1 aromatic rings. The van der Waals surface area contributed by atoms with Gasteiger partial charge >= 0.3 is 0 Å². The Morgan fingerprint density at radius 1 is 1.75 bits per heavy atom. The van der Waals surface area contributed by atoms with Gasteiger partial charge in [-0.2, -0.15) is 0 Å². The molecule has 0 amide bonds. The van der Waals surface area contributed by atoms with Crippen LogP contribution in [-0.4, -0.2) is 22.3 Å². The molecule has 0 aliphatic carbocycles. The zero-order chi connectivity index (χ0) is 5.98. The lowest BCUT2D eigenvalue weighted by molar-refractivity contribution is 0.864. The average Bonchev–Trinajstić information content (AvgIpc) is 2.14. The Morgan fingerprint density at radius 2 is 2.50 bits per heavy atom. The highest BCUT2D eigenvalue weighted by atomic mass is 15.4. The third-order valence-corrected chi connectivity index (χ3v) is 0.977. The molecule has 0 bridgehead atoms. The summed E-state index contributed by atoms with van der Waals surface area (Å²) in [5.74, 6) is 0. The normalized spacial score (nSPS) is 9.25. The quantitative estimate of drug-likeness (QED) is 0.469. The van der Waals surface area contributed by atoms with Crippen molar-refractivity contribution in [2.24, 2.45) is 0 Å². The number of aryl methyl sites for hydroxylation is 1. The van der Waals surface area contributed by atoms with E-state index < -0.39 is 0 Å².